The van der Waals surface area contributed by atoms with Gasteiger partial charge in [-0.3, -0.25) is 4.79 Å². The summed E-state index contributed by atoms with van der Waals surface area (Å²) < 4.78 is 31.0. The molecule has 9 nitrogen and oxygen atoms in total. The van der Waals surface area contributed by atoms with E-state index in [4.69, 9.17) is 23.4 Å². The summed E-state index contributed by atoms with van der Waals surface area (Å²) in [6.45, 7) is 7.47. The number of ether oxygens (including phenoxy) is 4. The Balaban J connectivity index is 1.26. The number of esters is 2. The van der Waals surface area contributed by atoms with E-state index in [9.17, 15) is 19.5 Å². The van der Waals surface area contributed by atoms with E-state index in [-0.39, 0.29) is 31.1 Å². The van der Waals surface area contributed by atoms with Crippen LogP contribution in [0.25, 0.3) is 11.0 Å². The van der Waals surface area contributed by atoms with Gasteiger partial charge in [0.2, 0.25) is 0 Å². The van der Waals surface area contributed by atoms with Crippen molar-refractivity contribution in [2.24, 2.45) is 5.92 Å². The molecule has 0 radical (unpaired) electrons. The molecule has 2 bridgehead atoms. The van der Waals surface area contributed by atoms with Gasteiger partial charge in [-0.15, -0.1) is 0 Å². The first-order valence-corrected chi connectivity index (χ1v) is 21.1. The molecule has 0 saturated heterocycles. The van der Waals surface area contributed by atoms with Crippen LogP contribution in [0.2, 0.25) is 0 Å². The smallest absolute Gasteiger partial charge is 0.339 e. The van der Waals surface area contributed by atoms with Crippen LogP contribution in [-0.2, 0) is 49.5 Å². The Bertz CT molecular complexity index is 2380. The molecular weight excluding hydrogens is 757 g/mol. The van der Waals surface area contributed by atoms with Crippen molar-refractivity contribution in [3.63, 3.8) is 0 Å². The van der Waals surface area contributed by atoms with Gasteiger partial charge in [-0.25, -0.2) is 9.59 Å². The monoisotopic (exact) mass is 812 g/mol. The lowest BCUT2D eigenvalue weighted by molar-refractivity contribution is -0.188. The van der Waals surface area contributed by atoms with Crippen LogP contribution in [0.1, 0.15) is 104 Å². The van der Waals surface area contributed by atoms with E-state index in [2.05, 4.69) is 72.8 Å². The number of methoxy groups -OCH3 is 1. The van der Waals surface area contributed by atoms with Crippen molar-refractivity contribution in [2.75, 3.05) is 20.3 Å². The summed E-state index contributed by atoms with van der Waals surface area (Å²) in [5.41, 5.74) is 6.39. The fourth-order valence-electron chi connectivity index (χ4n) is 8.70. The van der Waals surface area contributed by atoms with E-state index < -0.39 is 41.3 Å². The standard InChI is InChI=1S/C51H56O9/c1-32(2)41-22-20-33-14-16-36(17-15-33)28-38(19-18-35-12-9-13-37(27-35)26-34-10-7-6-8-11-34)29-44(53)57-47-45-43(60-51(3,4)48(47)59-49(41)54)23-21-39-30-42(50(55)58-46(39)45)40(24-25-52)31-56-5/h6-17,21,23,27,30,38,40,47-48,52H,18-20,22,24-26,28-29,31H2,1-5H3/t38-,40+,47+,48-/m0/s1. The van der Waals surface area contributed by atoms with Gasteiger partial charge < -0.3 is 28.5 Å². The number of hydrogen-bond donors (Lipinski definition) is 1. The fourth-order valence-corrected chi connectivity index (χ4v) is 8.70. The lowest BCUT2D eigenvalue weighted by atomic mass is 9.86. The third-order valence-electron chi connectivity index (χ3n) is 11.9. The third-order valence-corrected chi connectivity index (χ3v) is 11.9. The maximum absolute atomic E-state index is 14.5. The highest BCUT2D eigenvalue weighted by molar-refractivity contribution is 5.90. The van der Waals surface area contributed by atoms with Crippen molar-refractivity contribution in [3.05, 3.63) is 158 Å². The van der Waals surface area contributed by atoms with E-state index in [0.29, 0.717) is 53.5 Å². The van der Waals surface area contributed by atoms with Crippen LogP contribution in [0.15, 0.2) is 117 Å². The third kappa shape index (κ3) is 9.91. The number of rotatable bonds is 10. The molecule has 0 unspecified atom stereocenters. The van der Waals surface area contributed by atoms with Crippen LogP contribution in [-0.4, -0.2) is 49.1 Å². The van der Waals surface area contributed by atoms with Gasteiger partial charge >= 0.3 is 17.6 Å². The number of allylic oxidation sites excluding steroid dienone is 1. The Morgan fingerprint density at radius 1 is 0.833 bits per heavy atom. The van der Waals surface area contributed by atoms with Gasteiger partial charge in [0.1, 0.15) is 16.9 Å². The summed E-state index contributed by atoms with van der Waals surface area (Å²) in [5.74, 6) is -1.09. The normalized spacial score (nSPS) is 19.8. The second kappa shape index (κ2) is 18.8. The minimum absolute atomic E-state index is 0.0723. The van der Waals surface area contributed by atoms with Crippen LogP contribution < -0.4 is 10.4 Å². The Morgan fingerprint density at radius 2 is 1.57 bits per heavy atom. The number of aryl methyl sites for hydroxylation is 2. The molecule has 0 amide bonds. The molecule has 0 aliphatic carbocycles. The number of benzene rings is 4. The van der Waals surface area contributed by atoms with E-state index in [1.54, 1.807) is 39.2 Å². The molecule has 314 valence electrons. The van der Waals surface area contributed by atoms with Gasteiger partial charge in [-0.2, -0.15) is 0 Å². The first kappa shape index (κ1) is 42.6. The van der Waals surface area contributed by atoms with E-state index in [1.807, 2.05) is 19.9 Å². The Morgan fingerprint density at radius 3 is 2.30 bits per heavy atom. The van der Waals surface area contributed by atoms with E-state index >= 15 is 0 Å². The molecule has 4 heterocycles. The lowest BCUT2D eigenvalue weighted by Crippen LogP contribution is -2.52. The molecular formula is C51H56O9. The predicted octanol–water partition coefficient (Wildman–Crippen LogP) is 9.33. The minimum atomic E-state index is -1.16. The number of aliphatic hydroxyl groups excluding tert-OH is 1. The molecule has 9 heteroatoms. The predicted molar refractivity (Wildman–Crippen MR) is 231 cm³/mol. The van der Waals surface area contributed by atoms with Crippen molar-refractivity contribution in [1.82, 2.24) is 0 Å². The number of carbonyl (C=O) groups is 2. The second-order valence-corrected chi connectivity index (χ2v) is 17.1. The largest absolute Gasteiger partial charge is 0.483 e. The quantitative estimate of drug-likeness (QED) is 0.0836. The minimum Gasteiger partial charge on any atom is -0.483 e. The van der Waals surface area contributed by atoms with Gasteiger partial charge in [-0.1, -0.05) is 84.4 Å². The molecule has 4 atom stereocenters. The van der Waals surface area contributed by atoms with Crippen LogP contribution >= 0.6 is 0 Å². The summed E-state index contributed by atoms with van der Waals surface area (Å²) >= 11 is 0. The Hall–Kier alpha value is -5.51. The van der Waals surface area contributed by atoms with Crippen molar-refractivity contribution in [2.45, 2.75) is 103 Å². The highest BCUT2D eigenvalue weighted by Crippen LogP contribution is 2.47. The zero-order valence-corrected chi connectivity index (χ0v) is 35.3. The van der Waals surface area contributed by atoms with Crippen molar-refractivity contribution in [3.8, 4) is 5.75 Å². The zero-order chi connectivity index (χ0) is 42.4. The van der Waals surface area contributed by atoms with Crippen LogP contribution in [0.3, 0.4) is 0 Å². The van der Waals surface area contributed by atoms with Crippen molar-refractivity contribution < 1.29 is 38.1 Å². The summed E-state index contributed by atoms with van der Waals surface area (Å²) in [6.07, 6.45) is 2.28. The van der Waals surface area contributed by atoms with Crippen LogP contribution in [0.5, 0.6) is 5.75 Å². The van der Waals surface area contributed by atoms with E-state index in [1.165, 1.54) is 16.7 Å². The van der Waals surface area contributed by atoms with Crippen LogP contribution in [0, 0.1) is 5.92 Å². The summed E-state index contributed by atoms with van der Waals surface area (Å²) in [7, 11) is 1.54. The number of fused-ring (bicyclic) bond motifs is 13. The SMILES string of the molecule is COC[C@@H](CCO)c1cc2ccc3c(c2oc1=O)[C@H]1OC(=O)C[C@@H](CCc2cccc(Cc4ccccc4)c2)Cc2ccc(cc2)CCC(=C(C)C)C(=O)O[C@@H]1C(C)(C)O3. The molecule has 1 aromatic heterocycles. The molecule has 0 saturated carbocycles. The topological polar surface area (TPSA) is 122 Å². The van der Waals surface area contributed by atoms with Gasteiger partial charge in [-0.05, 0) is 125 Å². The summed E-state index contributed by atoms with van der Waals surface area (Å²) in [4.78, 5) is 42.4. The number of aliphatic hydroxyl groups is 1. The second-order valence-electron chi connectivity index (χ2n) is 17.1. The average molecular weight is 813 g/mol. The number of carbonyl (C=O) groups excluding carboxylic acids is 2. The molecule has 8 rings (SSSR count). The van der Waals surface area contributed by atoms with Gasteiger partial charge in [0, 0.05) is 42.6 Å². The first-order valence-electron chi connectivity index (χ1n) is 21.1. The maximum Gasteiger partial charge on any atom is 0.339 e. The molecule has 3 aliphatic heterocycles. The van der Waals surface area contributed by atoms with Crippen molar-refractivity contribution >= 4 is 22.9 Å². The Kier molecular flexibility index (Phi) is 13.4. The van der Waals surface area contributed by atoms with Gasteiger partial charge in [0.05, 0.1) is 12.2 Å². The first-order chi connectivity index (χ1) is 28.9. The molecule has 1 N–H and O–H groups in total. The zero-order valence-electron chi connectivity index (χ0n) is 35.3. The molecule has 3 aliphatic rings. The molecule has 0 fully saturated rings. The molecule has 5 aromatic rings. The lowest BCUT2D eigenvalue weighted by Gasteiger charge is -2.43. The Labute approximate surface area is 352 Å². The van der Waals surface area contributed by atoms with Crippen LogP contribution in [0.4, 0.5) is 0 Å². The average Bonchev–Trinajstić information content (AvgIpc) is 3.21. The number of hydrogen-bond acceptors (Lipinski definition) is 9. The molecule has 60 heavy (non-hydrogen) atoms. The van der Waals surface area contributed by atoms with Gasteiger partial charge in [0.25, 0.3) is 0 Å². The maximum atomic E-state index is 14.5. The highest BCUT2D eigenvalue weighted by atomic mass is 16.6. The summed E-state index contributed by atoms with van der Waals surface area (Å²) in [5, 5.41) is 10.3. The molecule has 0 spiro atoms. The fraction of sp³-hybridized carbons (Fsp3) is 0.392. The van der Waals surface area contributed by atoms with E-state index in [0.717, 1.165) is 36.0 Å². The van der Waals surface area contributed by atoms with Crippen molar-refractivity contribution in [1.29, 1.82) is 0 Å². The van der Waals surface area contributed by atoms with Gasteiger partial charge in [0.15, 0.2) is 12.2 Å². The summed E-state index contributed by atoms with van der Waals surface area (Å²) in [6, 6.07) is 32.8. The molecule has 4 aromatic carbocycles. The highest BCUT2D eigenvalue weighted by Gasteiger charge is 2.50.